The molecule has 3 heteroatoms. The molecule has 0 bridgehead atoms. The molecule has 0 spiro atoms. The number of carboxylic acid groups (broad SMARTS) is 1. The van der Waals surface area contributed by atoms with Gasteiger partial charge in [0.15, 0.2) is 0 Å². The summed E-state index contributed by atoms with van der Waals surface area (Å²) in [4.78, 5) is 10.6. The predicted molar refractivity (Wildman–Crippen MR) is 44.6 cm³/mol. The van der Waals surface area contributed by atoms with Gasteiger partial charge in [-0.2, -0.15) is 0 Å². The number of hydrogen-bond acceptors (Lipinski definition) is 2. The van der Waals surface area contributed by atoms with Crippen LogP contribution in [0.4, 0.5) is 0 Å². The maximum atomic E-state index is 10.6. The monoisotopic (exact) mass is 159 g/mol. The Labute approximate surface area is 67.8 Å². The minimum absolute atomic E-state index is 0.375. The number of aliphatic carboxylic acids is 1. The van der Waals surface area contributed by atoms with Gasteiger partial charge in [-0.3, -0.25) is 4.79 Å². The SMILES string of the molecule is CCNC(CC(C)C)C(=O)O. The molecular weight excluding hydrogens is 142 g/mol. The van der Waals surface area contributed by atoms with Crippen LogP contribution in [0.5, 0.6) is 0 Å². The Hall–Kier alpha value is -0.570. The minimum atomic E-state index is -0.749. The van der Waals surface area contributed by atoms with E-state index in [0.29, 0.717) is 18.9 Å². The number of likely N-dealkylation sites (N-methyl/N-ethyl adjacent to an activating group) is 1. The zero-order valence-electron chi connectivity index (χ0n) is 7.42. The Morgan fingerprint density at radius 2 is 2.09 bits per heavy atom. The van der Waals surface area contributed by atoms with Crippen molar-refractivity contribution in [2.24, 2.45) is 5.92 Å². The maximum Gasteiger partial charge on any atom is 0.320 e. The largest absolute Gasteiger partial charge is 0.480 e. The summed E-state index contributed by atoms with van der Waals surface area (Å²) in [6.07, 6.45) is 0.698. The summed E-state index contributed by atoms with van der Waals surface area (Å²) in [6, 6.07) is -0.375. The van der Waals surface area contributed by atoms with Crippen molar-refractivity contribution in [1.29, 1.82) is 0 Å². The molecule has 0 aromatic carbocycles. The Bertz CT molecular complexity index is 123. The number of carbonyl (C=O) groups is 1. The van der Waals surface area contributed by atoms with Crippen LogP contribution in [0.2, 0.25) is 0 Å². The highest BCUT2D eigenvalue weighted by molar-refractivity contribution is 5.73. The van der Waals surface area contributed by atoms with Gasteiger partial charge >= 0.3 is 5.97 Å². The van der Waals surface area contributed by atoms with Crippen molar-refractivity contribution in [1.82, 2.24) is 5.32 Å². The molecule has 3 nitrogen and oxygen atoms in total. The van der Waals surface area contributed by atoms with E-state index in [1.807, 2.05) is 20.8 Å². The van der Waals surface area contributed by atoms with E-state index in [2.05, 4.69) is 5.32 Å². The van der Waals surface area contributed by atoms with Gasteiger partial charge in [-0.25, -0.2) is 0 Å². The summed E-state index contributed by atoms with van der Waals surface area (Å²) in [6.45, 7) is 6.67. The molecule has 0 amide bonds. The first-order valence-electron chi connectivity index (χ1n) is 4.04. The third kappa shape index (κ3) is 4.79. The van der Waals surface area contributed by atoms with E-state index in [4.69, 9.17) is 5.11 Å². The molecule has 0 aliphatic heterocycles. The van der Waals surface area contributed by atoms with E-state index in [-0.39, 0.29) is 6.04 Å². The van der Waals surface area contributed by atoms with Crippen LogP contribution in [-0.4, -0.2) is 23.7 Å². The molecule has 0 fully saturated rings. The highest BCUT2D eigenvalue weighted by Crippen LogP contribution is 2.04. The molecular formula is C8H17NO2. The van der Waals surface area contributed by atoms with Crippen molar-refractivity contribution in [2.45, 2.75) is 33.2 Å². The molecule has 2 N–H and O–H groups in total. The summed E-state index contributed by atoms with van der Waals surface area (Å²) in [5.41, 5.74) is 0. The van der Waals surface area contributed by atoms with Crippen molar-refractivity contribution < 1.29 is 9.90 Å². The second-order valence-corrected chi connectivity index (χ2v) is 3.08. The first-order valence-corrected chi connectivity index (χ1v) is 4.04. The highest BCUT2D eigenvalue weighted by atomic mass is 16.4. The average molecular weight is 159 g/mol. The summed E-state index contributed by atoms with van der Waals surface area (Å²) in [7, 11) is 0. The molecule has 11 heavy (non-hydrogen) atoms. The van der Waals surface area contributed by atoms with Gasteiger partial charge in [0.1, 0.15) is 6.04 Å². The molecule has 0 aliphatic carbocycles. The zero-order chi connectivity index (χ0) is 8.85. The highest BCUT2D eigenvalue weighted by Gasteiger charge is 2.16. The van der Waals surface area contributed by atoms with Gasteiger partial charge in [-0.05, 0) is 18.9 Å². The predicted octanol–water partition coefficient (Wildman–Crippen LogP) is 1.10. The summed E-state index contributed by atoms with van der Waals surface area (Å²) < 4.78 is 0. The van der Waals surface area contributed by atoms with Gasteiger partial charge in [-0.1, -0.05) is 20.8 Å². The van der Waals surface area contributed by atoms with Gasteiger partial charge in [0.25, 0.3) is 0 Å². The molecule has 66 valence electrons. The normalized spacial score (nSPS) is 13.5. The van der Waals surface area contributed by atoms with E-state index in [1.165, 1.54) is 0 Å². The number of hydrogen-bond donors (Lipinski definition) is 2. The van der Waals surface area contributed by atoms with Crippen LogP contribution in [0, 0.1) is 5.92 Å². The van der Waals surface area contributed by atoms with Crippen LogP contribution in [0.3, 0.4) is 0 Å². The molecule has 0 saturated carbocycles. The van der Waals surface area contributed by atoms with Crippen molar-refractivity contribution >= 4 is 5.97 Å². The summed E-state index contributed by atoms with van der Waals surface area (Å²) >= 11 is 0. The van der Waals surface area contributed by atoms with Crippen LogP contribution >= 0.6 is 0 Å². The summed E-state index contributed by atoms with van der Waals surface area (Å²) in [5, 5.41) is 11.6. The lowest BCUT2D eigenvalue weighted by Gasteiger charge is -2.14. The van der Waals surface area contributed by atoms with Crippen molar-refractivity contribution in [3.63, 3.8) is 0 Å². The van der Waals surface area contributed by atoms with Crippen LogP contribution in [0.15, 0.2) is 0 Å². The van der Waals surface area contributed by atoms with E-state index >= 15 is 0 Å². The lowest BCUT2D eigenvalue weighted by atomic mass is 10.0. The van der Waals surface area contributed by atoms with E-state index in [9.17, 15) is 4.79 Å². The van der Waals surface area contributed by atoms with Gasteiger partial charge in [0.05, 0.1) is 0 Å². The van der Waals surface area contributed by atoms with Crippen LogP contribution in [0.1, 0.15) is 27.2 Å². The molecule has 0 aromatic heterocycles. The zero-order valence-corrected chi connectivity index (χ0v) is 7.42. The van der Waals surface area contributed by atoms with Gasteiger partial charge in [0.2, 0.25) is 0 Å². The fourth-order valence-corrected chi connectivity index (χ4v) is 0.989. The first-order chi connectivity index (χ1) is 5.07. The van der Waals surface area contributed by atoms with Gasteiger partial charge in [-0.15, -0.1) is 0 Å². The standard InChI is InChI=1S/C8H17NO2/c1-4-9-7(8(10)11)5-6(2)3/h6-7,9H,4-5H2,1-3H3,(H,10,11). The first kappa shape index (κ1) is 10.4. The maximum absolute atomic E-state index is 10.6. The Balaban J connectivity index is 3.79. The molecule has 0 rings (SSSR count). The Kier molecular flexibility index (Phi) is 4.86. The van der Waals surface area contributed by atoms with E-state index in [1.54, 1.807) is 0 Å². The summed E-state index contributed by atoms with van der Waals surface area (Å²) in [5.74, 6) is -0.323. The fraction of sp³-hybridized carbons (Fsp3) is 0.875. The second kappa shape index (κ2) is 5.13. The molecule has 1 unspecified atom stereocenters. The fourth-order valence-electron chi connectivity index (χ4n) is 0.989. The van der Waals surface area contributed by atoms with Crippen LogP contribution in [0.25, 0.3) is 0 Å². The molecule has 0 aliphatic rings. The van der Waals surface area contributed by atoms with Crippen molar-refractivity contribution in [2.75, 3.05) is 6.54 Å². The lowest BCUT2D eigenvalue weighted by molar-refractivity contribution is -0.139. The second-order valence-electron chi connectivity index (χ2n) is 3.08. The molecule has 1 atom stereocenters. The van der Waals surface area contributed by atoms with Gasteiger partial charge < -0.3 is 10.4 Å². The molecule has 0 saturated heterocycles. The third-order valence-electron chi connectivity index (χ3n) is 1.46. The van der Waals surface area contributed by atoms with E-state index < -0.39 is 5.97 Å². The van der Waals surface area contributed by atoms with Crippen LogP contribution < -0.4 is 5.32 Å². The number of rotatable bonds is 5. The smallest absolute Gasteiger partial charge is 0.320 e. The topological polar surface area (TPSA) is 49.3 Å². The number of nitrogens with one attached hydrogen (secondary N) is 1. The number of carboxylic acids is 1. The minimum Gasteiger partial charge on any atom is -0.480 e. The average Bonchev–Trinajstić information content (AvgIpc) is 1.86. The quantitative estimate of drug-likeness (QED) is 0.631. The Morgan fingerprint density at radius 3 is 2.36 bits per heavy atom. The molecule has 0 radical (unpaired) electrons. The molecule has 0 heterocycles. The molecule has 0 aromatic rings. The van der Waals surface area contributed by atoms with Crippen LogP contribution in [-0.2, 0) is 4.79 Å². The third-order valence-corrected chi connectivity index (χ3v) is 1.46. The van der Waals surface area contributed by atoms with E-state index in [0.717, 1.165) is 0 Å². The Morgan fingerprint density at radius 1 is 1.55 bits per heavy atom. The van der Waals surface area contributed by atoms with Gasteiger partial charge in [0, 0.05) is 0 Å². The van der Waals surface area contributed by atoms with Crippen molar-refractivity contribution in [3.05, 3.63) is 0 Å². The lowest BCUT2D eigenvalue weighted by Crippen LogP contribution is -2.37. The van der Waals surface area contributed by atoms with Crippen molar-refractivity contribution in [3.8, 4) is 0 Å².